The zero-order valence-corrected chi connectivity index (χ0v) is 22.5. The maximum absolute atomic E-state index is 13.4. The fourth-order valence-corrected chi connectivity index (χ4v) is 8.95. The highest BCUT2D eigenvalue weighted by Crippen LogP contribution is 2.40. The lowest BCUT2D eigenvalue weighted by atomic mass is 10.2. The number of nitrogens with zero attached hydrogens (tertiary/aromatic N) is 4. The molecule has 0 saturated carbocycles. The molecule has 1 aromatic carbocycles. The zero-order chi connectivity index (χ0) is 24.7. The number of benzene rings is 1. The van der Waals surface area contributed by atoms with Gasteiger partial charge in [-0.05, 0) is 37.1 Å². The predicted octanol–water partition coefficient (Wildman–Crippen LogP) is 3.53. The molecule has 35 heavy (non-hydrogen) atoms. The summed E-state index contributed by atoms with van der Waals surface area (Å²) in [4.78, 5) is 22.1. The van der Waals surface area contributed by atoms with Crippen molar-refractivity contribution in [1.82, 2.24) is 14.2 Å². The standard InChI is InChI=1S/C22H25ClN4O5S3/c1-31-15-5-6-16(32-2)20-19(15)24-22(34-20)26-12-10-25(11-13-26)21(28)14-4-3-9-27(14)35(29,30)18-8-7-17(23)33-18/h5-8,14H,3-4,9-13H2,1-2H3. The molecule has 3 aromatic rings. The molecular weight excluding hydrogens is 532 g/mol. The summed E-state index contributed by atoms with van der Waals surface area (Å²) in [6, 6.07) is 6.10. The number of aromatic nitrogens is 1. The summed E-state index contributed by atoms with van der Waals surface area (Å²) in [7, 11) is -0.510. The summed E-state index contributed by atoms with van der Waals surface area (Å²) >= 11 is 8.50. The number of methoxy groups -OCH3 is 2. The van der Waals surface area contributed by atoms with Gasteiger partial charge in [-0.15, -0.1) is 11.3 Å². The highest BCUT2D eigenvalue weighted by atomic mass is 35.5. The molecule has 2 saturated heterocycles. The molecule has 0 bridgehead atoms. The number of fused-ring (bicyclic) bond motifs is 1. The summed E-state index contributed by atoms with van der Waals surface area (Å²) < 4.78 is 40.1. The Kier molecular flexibility index (Phi) is 6.83. The van der Waals surface area contributed by atoms with Crippen LogP contribution in [-0.4, -0.2) is 81.5 Å². The molecule has 188 valence electrons. The van der Waals surface area contributed by atoms with E-state index in [1.54, 1.807) is 25.2 Å². The molecule has 0 aliphatic carbocycles. The van der Waals surface area contributed by atoms with Crippen molar-refractivity contribution in [2.75, 3.05) is 51.8 Å². The maximum atomic E-state index is 13.4. The third-order valence-electron chi connectivity index (χ3n) is 6.36. The first kappa shape index (κ1) is 24.6. The number of halogens is 1. The Bertz CT molecular complexity index is 1310. The van der Waals surface area contributed by atoms with E-state index < -0.39 is 16.1 Å². The average Bonchev–Trinajstić information content (AvgIpc) is 3.62. The van der Waals surface area contributed by atoms with Gasteiger partial charge in [0.05, 0.1) is 18.6 Å². The molecular formula is C22H25ClN4O5S3. The van der Waals surface area contributed by atoms with Crippen molar-refractivity contribution in [3.05, 3.63) is 28.6 Å². The van der Waals surface area contributed by atoms with Crippen molar-refractivity contribution in [1.29, 1.82) is 0 Å². The minimum atomic E-state index is -3.76. The van der Waals surface area contributed by atoms with Gasteiger partial charge in [-0.3, -0.25) is 4.79 Å². The van der Waals surface area contributed by atoms with Gasteiger partial charge in [0.2, 0.25) is 5.91 Å². The molecule has 2 aliphatic heterocycles. The second-order valence-corrected chi connectivity index (χ2v) is 13.1. The first-order chi connectivity index (χ1) is 16.8. The molecule has 1 atom stereocenters. The quantitative estimate of drug-likeness (QED) is 0.458. The van der Waals surface area contributed by atoms with E-state index in [1.807, 2.05) is 12.1 Å². The van der Waals surface area contributed by atoms with Crippen LogP contribution in [0.5, 0.6) is 11.5 Å². The first-order valence-corrected chi connectivity index (χ1v) is 14.6. The SMILES string of the molecule is COc1ccc(OC)c2sc(N3CCN(C(=O)C4CCCN4S(=O)(=O)c4ccc(Cl)s4)CC3)nc12. The Hall–Kier alpha value is -2.12. The number of hydrogen-bond donors (Lipinski definition) is 0. The number of rotatable bonds is 6. The molecule has 13 heteroatoms. The van der Waals surface area contributed by atoms with Crippen LogP contribution in [0.15, 0.2) is 28.5 Å². The van der Waals surface area contributed by atoms with Gasteiger partial charge in [0.1, 0.15) is 32.0 Å². The van der Waals surface area contributed by atoms with E-state index in [0.717, 1.165) is 32.4 Å². The predicted molar refractivity (Wildman–Crippen MR) is 138 cm³/mol. The second-order valence-electron chi connectivity index (χ2n) is 8.29. The summed E-state index contributed by atoms with van der Waals surface area (Å²) in [5.41, 5.74) is 0.755. The summed E-state index contributed by atoms with van der Waals surface area (Å²) in [5.74, 6) is 1.29. The fourth-order valence-electron chi connectivity index (χ4n) is 4.56. The van der Waals surface area contributed by atoms with E-state index in [-0.39, 0.29) is 10.1 Å². The van der Waals surface area contributed by atoms with Crippen molar-refractivity contribution in [3.8, 4) is 11.5 Å². The fraction of sp³-hybridized carbons (Fsp3) is 0.455. The van der Waals surface area contributed by atoms with Gasteiger partial charge < -0.3 is 19.3 Å². The van der Waals surface area contributed by atoms with Crippen LogP contribution in [0, 0.1) is 0 Å². The molecule has 4 heterocycles. The molecule has 2 aliphatic rings. The van der Waals surface area contributed by atoms with Crippen molar-refractivity contribution in [3.63, 3.8) is 0 Å². The van der Waals surface area contributed by atoms with Gasteiger partial charge in [0, 0.05) is 32.7 Å². The van der Waals surface area contributed by atoms with Crippen LogP contribution in [-0.2, 0) is 14.8 Å². The van der Waals surface area contributed by atoms with E-state index in [1.165, 1.54) is 21.7 Å². The number of hydrogen-bond acceptors (Lipinski definition) is 9. The van der Waals surface area contributed by atoms with Crippen molar-refractivity contribution in [2.24, 2.45) is 0 Å². The second kappa shape index (κ2) is 9.74. The molecule has 0 spiro atoms. The average molecular weight is 557 g/mol. The van der Waals surface area contributed by atoms with E-state index in [4.69, 9.17) is 26.1 Å². The molecule has 9 nitrogen and oxygen atoms in total. The van der Waals surface area contributed by atoms with E-state index in [2.05, 4.69) is 4.90 Å². The Labute approximate surface area is 216 Å². The van der Waals surface area contributed by atoms with Crippen LogP contribution >= 0.6 is 34.3 Å². The summed E-state index contributed by atoms with van der Waals surface area (Å²) in [6.07, 6.45) is 1.18. The summed E-state index contributed by atoms with van der Waals surface area (Å²) in [5, 5.41) is 0.842. The van der Waals surface area contributed by atoms with Crippen molar-refractivity contribution < 1.29 is 22.7 Å². The van der Waals surface area contributed by atoms with Crippen LogP contribution in [0.1, 0.15) is 12.8 Å². The highest BCUT2D eigenvalue weighted by molar-refractivity contribution is 7.91. The number of ether oxygens (including phenoxy) is 2. The Balaban J connectivity index is 1.29. The molecule has 1 amide bonds. The summed E-state index contributed by atoms with van der Waals surface area (Å²) in [6.45, 7) is 2.55. The third-order valence-corrected chi connectivity index (χ3v) is 11.1. The van der Waals surface area contributed by atoms with Gasteiger partial charge in [0.25, 0.3) is 10.0 Å². The van der Waals surface area contributed by atoms with Gasteiger partial charge >= 0.3 is 0 Å². The topological polar surface area (TPSA) is 92.3 Å². The lowest BCUT2D eigenvalue weighted by molar-refractivity contribution is -0.134. The zero-order valence-electron chi connectivity index (χ0n) is 19.3. The normalized spacial score (nSPS) is 19.5. The molecule has 0 radical (unpaired) electrons. The molecule has 0 N–H and O–H groups in total. The van der Waals surface area contributed by atoms with Crippen LogP contribution in [0.2, 0.25) is 4.34 Å². The minimum Gasteiger partial charge on any atom is -0.495 e. The van der Waals surface area contributed by atoms with Gasteiger partial charge in [-0.25, -0.2) is 13.4 Å². The molecule has 2 fully saturated rings. The number of carbonyl (C=O) groups is 1. The van der Waals surface area contributed by atoms with Crippen LogP contribution in [0.4, 0.5) is 5.13 Å². The number of piperazine rings is 1. The Morgan fingerprint density at radius 2 is 1.74 bits per heavy atom. The number of amides is 1. The maximum Gasteiger partial charge on any atom is 0.253 e. The van der Waals surface area contributed by atoms with Crippen molar-refractivity contribution >= 4 is 65.6 Å². The van der Waals surface area contributed by atoms with E-state index in [0.29, 0.717) is 55.7 Å². The molecule has 5 rings (SSSR count). The highest BCUT2D eigenvalue weighted by Gasteiger charge is 2.42. The van der Waals surface area contributed by atoms with E-state index >= 15 is 0 Å². The molecule has 2 aromatic heterocycles. The number of thiophene rings is 1. The molecule has 1 unspecified atom stereocenters. The Morgan fingerprint density at radius 3 is 2.40 bits per heavy atom. The largest absolute Gasteiger partial charge is 0.495 e. The minimum absolute atomic E-state index is 0.138. The van der Waals surface area contributed by atoms with Crippen molar-refractivity contribution in [2.45, 2.75) is 23.1 Å². The monoisotopic (exact) mass is 556 g/mol. The van der Waals surface area contributed by atoms with E-state index in [9.17, 15) is 13.2 Å². The number of sulfonamides is 1. The Morgan fingerprint density at radius 1 is 1.03 bits per heavy atom. The van der Waals surface area contributed by atoms with Crippen LogP contribution in [0.25, 0.3) is 10.2 Å². The first-order valence-electron chi connectivity index (χ1n) is 11.2. The number of anilines is 1. The van der Waals surface area contributed by atoms with Gasteiger partial charge in [-0.1, -0.05) is 22.9 Å². The number of carbonyl (C=O) groups excluding carboxylic acids is 1. The van der Waals surface area contributed by atoms with Gasteiger partial charge in [-0.2, -0.15) is 4.31 Å². The smallest absolute Gasteiger partial charge is 0.253 e. The van der Waals surface area contributed by atoms with Crippen LogP contribution < -0.4 is 14.4 Å². The van der Waals surface area contributed by atoms with Gasteiger partial charge in [0.15, 0.2) is 5.13 Å². The number of thiazole rings is 1. The lowest BCUT2D eigenvalue weighted by Crippen LogP contribution is -2.54. The van der Waals surface area contributed by atoms with Crippen LogP contribution in [0.3, 0.4) is 0 Å². The third kappa shape index (κ3) is 4.46. The lowest BCUT2D eigenvalue weighted by Gasteiger charge is -2.37.